The minimum atomic E-state index is -2.40. The van der Waals surface area contributed by atoms with Crippen LogP contribution < -0.4 is 0 Å². The van der Waals surface area contributed by atoms with E-state index in [1.54, 1.807) is 18.2 Å². The number of aromatic hydroxyl groups is 1. The highest BCUT2D eigenvalue weighted by atomic mass is 32.2. The molecule has 4 heteroatoms. The molecule has 0 saturated carbocycles. The molecular formula is C8H11NO2S. The molecular weight excluding hydrogens is 174 g/mol. The van der Waals surface area contributed by atoms with Crippen molar-refractivity contribution in [2.75, 3.05) is 13.3 Å². The van der Waals surface area contributed by atoms with E-state index in [0.29, 0.717) is 4.90 Å². The van der Waals surface area contributed by atoms with Gasteiger partial charge in [-0.2, -0.15) is 0 Å². The van der Waals surface area contributed by atoms with Crippen molar-refractivity contribution in [1.82, 2.24) is 0 Å². The summed E-state index contributed by atoms with van der Waals surface area (Å²) >= 11 is 0. The molecule has 0 radical (unpaired) electrons. The van der Waals surface area contributed by atoms with Crippen LogP contribution in [0.15, 0.2) is 33.5 Å². The van der Waals surface area contributed by atoms with Crippen LogP contribution in [0.2, 0.25) is 0 Å². The van der Waals surface area contributed by atoms with E-state index in [0.717, 1.165) is 0 Å². The Morgan fingerprint density at radius 3 is 2.50 bits per heavy atom. The number of benzene rings is 1. The summed E-state index contributed by atoms with van der Waals surface area (Å²) in [6, 6.07) is 6.53. The van der Waals surface area contributed by atoms with Gasteiger partial charge in [0.2, 0.25) is 0 Å². The normalized spacial score (nSPS) is 15.2. The summed E-state index contributed by atoms with van der Waals surface area (Å²) in [6.07, 6.45) is 1.50. The fourth-order valence-electron chi connectivity index (χ4n) is 0.876. The summed E-state index contributed by atoms with van der Waals surface area (Å²) in [7, 11) is -0.923. The van der Waals surface area contributed by atoms with Crippen LogP contribution in [0.4, 0.5) is 0 Å². The van der Waals surface area contributed by atoms with Crippen LogP contribution in [-0.2, 0) is 9.73 Å². The summed E-state index contributed by atoms with van der Waals surface area (Å²) < 4.78 is 15.4. The highest BCUT2D eigenvalue weighted by Gasteiger charge is 2.08. The number of para-hydroxylation sites is 1. The van der Waals surface area contributed by atoms with Crippen molar-refractivity contribution in [2.24, 2.45) is 4.36 Å². The molecule has 1 rings (SSSR count). The second-order valence-electron chi connectivity index (χ2n) is 2.45. The van der Waals surface area contributed by atoms with E-state index in [-0.39, 0.29) is 5.75 Å². The fourth-order valence-corrected chi connectivity index (χ4v) is 1.86. The zero-order chi connectivity index (χ0) is 9.19. The molecule has 0 saturated heterocycles. The van der Waals surface area contributed by atoms with E-state index in [1.165, 1.54) is 19.4 Å². The first-order chi connectivity index (χ1) is 5.58. The second kappa shape index (κ2) is 3.15. The number of phenolic OH excluding ortho intramolecular Hbond substituents is 1. The van der Waals surface area contributed by atoms with Crippen molar-refractivity contribution < 1.29 is 9.32 Å². The molecule has 0 unspecified atom stereocenters. The van der Waals surface area contributed by atoms with Gasteiger partial charge in [-0.25, -0.2) is 8.57 Å². The molecule has 0 heterocycles. The van der Waals surface area contributed by atoms with E-state index in [9.17, 15) is 9.32 Å². The van der Waals surface area contributed by atoms with E-state index in [1.807, 2.05) is 0 Å². The van der Waals surface area contributed by atoms with Gasteiger partial charge in [-0.15, -0.1) is 0 Å². The number of hydrogen-bond donors (Lipinski definition) is 1. The van der Waals surface area contributed by atoms with Crippen molar-refractivity contribution in [3.63, 3.8) is 0 Å². The topological polar surface area (TPSA) is 49.7 Å². The molecule has 12 heavy (non-hydrogen) atoms. The van der Waals surface area contributed by atoms with Crippen LogP contribution in [0.5, 0.6) is 5.75 Å². The molecule has 0 spiro atoms. The summed E-state index contributed by atoms with van der Waals surface area (Å²) in [5.41, 5.74) is 0. The first-order valence-corrected chi connectivity index (χ1v) is 5.38. The lowest BCUT2D eigenvalue weighted by atomic mass is 10.3. The minimum absolute atomic E-state index is 0.0376. The first-order valence-electron chi connectivity index (χ1n) is 3.46. The van der Waals surface area contributed by atoms with Crippen LogP contribution in [0.1, 0.15) is 0 Å². The zero-order valence-electron chi connectivity index (χ0n) is 7.02. The van der Waals surface area contributed by atoms with Crippen LogP contribution in [0.3, 0.4) is 0 Å². The molecule has 1 aromatic rings. The maximum absolute atomic E-state index is 11.7. The van der Waals surface area contributed by atoms with Gasteiger partial charge in [0.05, 0.1) is 14.6 Å². The van der Waals surface area contributed by atoms with Crippen molar-refractivity contribution in [2.45, 2.75) is 4.90 Å². The number of hydrogen-bond acceptors (Lipinski definition) is 3. The number of nitrogens with zero attached hydrogens (tertiary/aromatic N) is 1. The summed E-state index contributed by atoms with van der Waals surface area (Å²) in [5, 5.41) is 9.34. The van der Waals surface area contributed by atoms with Gasteiger partial charge in [0, 0.05) is 13.3 Å². The van der Waals surface area contributed by atoms with Gasteiger partial charge < -0.3 is 5.11 Å². The maximum atomic E-state index is 11.7. The largest absolute Gasteiger partial charge is 0.507 e. The Labute approximate surface area is 72.2 Å². The van der Waals surface area contributed by atoms with Crippen LogP contribution >= 0.6 is 0 Å². The van der Waals surface area contributed by atoms with Gasteiger partial charge in [0.15, 0.2) is 0 Å². The van der Waals surface area contributed by atoms with Gasteiger partial charge in [-0.05, 0) is 12.1 Å². The van der Waals surface area contributed by atoms with E-state index >= 15 is 0 Å². The Balaban J connectivity index is 3.40. The first kappa shape index (κ1) is 9.06. The Morgan fingerprint density at radius 1 is 1.42 bits per heavy atom. The van der Waals surface area contributed by atoms with Gasteiger partial charge in [0.25, 0.3) is 0 Å². The molecule has 1 atom stereocenters. The molecule has 0 aliphatic carbocycles. The smallest absolute Gasteiger partial charge is 0.132 e. The SMILES string of the molecule is CN=[S@](C)(=O)c1ccccc1O. The van der Waals surface area contributed by atoms with E-state index in [4.69, 9.17) is 0 Å². The zero-order valence-corrected chi connectivity index (χ0v) is 7.84. The van der Waals surface area contributed by atoms with Crippen LogP contribution in [-0.4, -0.2) is 22.6 Å². The van der Waals surface area contributed by atoms with Gasteiger partial charge in [-0.1, -0.05) is 12.1 Å². The predicted octanol–water partition coefficient (Wildman–Crippen LogP) is 1.48. The highest BCUT2D eigenvalue weighted by Crippen LogP contribution is 2.22. The lowest BCUT2D eigenvalue weighted by molar-refractivity contribution is 0.461. The molecule has 3 nitrogen and oxygen atoms in total. The molecule has 1 N–H and O–H groups in total. The molecule has 0 aromatic heterocycles. The van der Waals surface area contributed by atoms with Crippen molar-refractivity contribution in [3.05, 3.63) is 24.3 Å². The molecule has 66 valence electrons. The van der Waals surface area contributed by atoms with Crippen LogP contribution in [0.25, 0.3) is 0 Å². The molecule has 0 aliphatic rings. The number of rotatable bonds is 1. The molecule has 0 fully saturated rings. The summed E-state index contributed by atoms with van der Waals surface area (Å²) in [5.74, 6) is 0.0376. The standard InChI is InChI=1S/C8H11NO2S/c1-9-12(2,11)8-6-4-3-5-7(8)10/h3-6,10H,1-2H3/t12-/m1/s1. The number of phenols is 1. The third-order valence-corrected chi connectivity index (χ3v) is 3.48. The molecule has 1 aromatic carbocycles. The lowest BCUT2D eigenvalue weighted by Crippen LogP contribution is -1.96. The average Bonchev–Trinajstić information content (AvgIpc) is 2.05. The Kier molecular flexibility index (Phi) is 2.38. The predicted molar refractivity (Wildman–Crippen MR) is 48.8 cm³/mol. The minimum Gasteiger partial charge on any atom is -0.507 e. The molecule has 0 bridgehead atoms. The molecule has 0 aliphatic heterocycles. The Bertz CT molecular complexity index is 392. The average molecular weight is 185 g/mol. The van der Waals surface area contributed by atoms with Crippen LogP contribution in [0, 0.1) is 0 Å². The summed E-state index contributed by atoms with van der Waals surface area (Å²) in [4.78, 5) is 0.396. The second-order valence-corrected chi connectivity index (χ2v) is 4.86. The highest BCUT2D eigenvalue weighted by molar-refractivity contribution is 7.93. The quantitative estimate of drug-likeness (QED) is 0.720. The van der Waals surface area contributed by atoms with E-state index < -0.39 is 9.73 Å². The molecule has 0 amide bonds. The third-order valence-electron chi connectivity index (χ3n) is 1.62. The van der Waals surface area contributed by atoms with Gasteiger partial charge in [-0.3, -0.25) is 0 Å². The van der Waals surface area contributed by atoms with Crippen molar-refractivity contribution >= 4 is 9.73 Å². The Morgan fingerprint density at radius 2 is 2.00 bits per heavy atom. The lowest BCUT2D eigenvalue weighted by Gasteiger charge is -2.04. The Hall–Kier alpha value is -1.03. The van der Waals surface area contributed by atoms with Crippen molar-refractivity contribution in [3.8, 4) is 5.75 Å². The van der Waals surface area contributed by atoms with Gasteiger partial charge >= 0.3 is 0 Å². The van der Waals surface area contributed by atoms with E-state index in [2.05, 4.69) is 4.36 Å². The summed E-state index contributed by atoms with van der Waals surface area (Å²) in [6.45, 7) is 0. The van der Waals surface area contributed by atoms with Gasteiger partial charge in [0.1, 0.15) is 5.75 Å². The third kappa shape index (κ3) is 1.58. The van der Waals surface area contributed by atoms with Crippen molar-refractivity contribution in [1.29, 1.82) is 0 Å². The maximum Gasteiger partial charge on any atom is 0.132 e. The fraction of sp³-hybridized carbons (Fsp3) is 0.250. The monoisotopic (exact) mass is 185 g/mol.